The van der Waals surface area contributed by atoms with Gasteiger partial charge in [0.1, 0.15) is 0 Å². The first-order valence-corrected chi connectivity index (χ1v) is 10.1. The lowest BCUT2D eigenvalue weighted by molar-refractivity contribution is -0.128. The molecule has 25 heavy (non-hydrogen) atoms. The fourth-order valence-electron chi connectivity index (χ4n) is 2.83. The number of anilines is 1. The van der Waals surface area contributed by atoms with Gasteiger partial charge in [0.15, 0.2) is 0 Å². The van der Waals surface area contributed by atoms with Crippen LogP contribution in [-0.4, -0.2) is 55.8 Å². The van der Waals surface area contributed by atoms with Gasteiger partial charge in [0.25, 0.3) is 0 Å². The predicted octanol–water partition coefficient (Wildman–Crippen LogP) is 1.28. The number of amides is 2. The van der Waals surface area contributed by atoms with Crippen LogP contribution in [0.1, 0.15) is 25.3 Å². The van der Waals surface area contributed by atoms with Crippen molar-refractivity contribution >= 4 is 27.5 Å². The maximum Gasteiger partial charge on any atom is 0.227 e. The van der Waals surface area contributed by atoms with Gasteiger partial charge in [0, 0.05) is 45.2 Å². The van der Waals surface area contributed by atoms with Gasteiger partial charge in [0.2, 0.25) is 21.8 Å². The Morgan fingerprint density at radius 2 is 1.84 bits per heavy atom. The standard InChI is InChI=1S/C17H25N3O4S/c1-13(21)19(2)12-15-6-4-5-7-16(15)18-17(22)14-8-10-20(11-9-14)25(3,23)24/h4-7,14H,8-12H2,1-3H3,(H,18,22). The molecule has 1 saturated heterocycles. The van der Waals surface area contributed by atoms with Gasteiger partial charge in [-0.15, -0.1) is 0 Å². The van der Waals surface area contributed by atoms with E-state index in [0.29, 0.717) is 38.2 Å². The lowest BCUT2D eigenvalue weighted by Crippen LogP contribution is -2.41. The van der Waals surface area contributed by atoms with Crippen molar-refractivity contribution in [2.75, 3.05) is 31.7 Å². The molecule has 7 nitrogen and oxygen atoms in total. The number of piperidine rings is 1. The summed E-state index contributed by atoms with van der Waals surface area (Å²) in [4.78, 5) is 25.5. The van der Waals surface area contributed by atoms with E-state index in [1.165, 1.54) is 17.5 Å². The number of hydrogen-bond donors (Lipinski definition) is 1. The maximum absolute atomic E-state index is 12.5. The number of nitrogens with zero attached hydrogens (tertiary/aromatic N) is 2. The van der Waals surface area contributed by atoms with E-state index in [9.17, 15) is 18.0 Å². The van der Waals surface area contributed by atoms with Crippen LogP contribution < -0.4 is 5.32 Å². The quantitative estimate of drug-likeness (QED) is 0.849. The fraction of sp³-hybridized carbons (Fsp3) is 0.529. The summed E-state index contributed by atoms with van der Waals surface area (Å²) in [5.74, 6) is -0.364. The van der Waals surface area contributed by atoms with Crippen LogP contribution in [-0.2, 0) is 26.2 Å². The Bertz CT molecular complexity index is 740. The summed E-state index contributed by atoms with van der Waals surface area (Å²) < 4.78 is 24.5. The van der Waals surface area contributed by atoms with E-state index in [0.717, 1.165) is 5.56 Å². The molecule has 1 aromatic rings. The number of carbonyl (C=O) groups is 2. The zero-order chi connectivity index (χ0) is 18.6. The topological polar surface area (TPSA) is 86.8 Å². The van der Waals surface area contributed by atoms with Crippen LogP contribution in [0.4, 0.5) is 5.69 Å². The number of nitrogens with one attached hydrogen (secondary N) is 1. The average molecular weight is 367 g/mol. The molecular formula is C17H25N3O4S. The molecule has 0 saturated carbocycles. The minimum Gasteiger partial charge on any atom is -0.342 e. The van der Waals surface area contributed by atoms with Gasteiger partial charge in [0.05, 0.1) is 6.26 Å². The molecule has 0 radical (unpaired) electrons. The maximum atomic E-state index is 12.5. The van der Waals surface area contributed by atoms with Crippen LogP contribution >= 0.6 is 0 Å². The summed E-state index contributed by atoms with van der Waals surface area (Å²) in [6.07, 6.45) is 2.21. The highest BCUT2D eigenvalue weighted by molar-refractivity contribution is 7.88. The van der Waals surface area contributed by atoms with E-state index in [-0.39, 0.29) is 17.7 Å². The molecule has 2 rings (SSSR count). The van der Waals surface area contributed by atoms with Crippen LogP contribution in [0.15, 0.2) is 24.3 Å². The van der Waals surface area contributed by atoms with Gasteiger partial charge >= 0.3 is 0 Å². The monoisotopic (exact) mass is 367 g/mol. The van der Waals surface area contributed by atoms with Gasteiger partial charge in [-0.2, -0.15) is 0 Å². The number of carbonyl (C=O) groups excluding carboxylic acids is 2. The van der Waals surface area contributed by atoms with Gasteiger partial charge in [-0.1, -0.05) is 18.2 Å². The second kappa shape index (κ2) is 7.97. The Hall–Kier alpha value is -1.93. The first-order chi connectivity index (χ1) is 11.7. The van der Waals surface area contributed by atoms with Crippen LogP contribution in [0.25, 0.3) is 0 Å². The lowest BCUT2D eigenvalue weighted by atomic mass is 9.97. The summed E-state index contributed by atoms with van der Waals surface area (Å²) in [6.45, 7) is 2.65. The molecule has 1 fully saturated rings. The van der Waals surface area contributed by atoms with E-state index in [1.807, 2.05) is 24.3 Å². The molecule has 1 heterocycles. The van der Waals surface area contributed by atoms with Crippen molar-refractivity contribution < 1.29 is 18.0 Å². The molecular weight excluding hydrogens is 342 g/mol. The first kappa shape index (κ1) is 19.4. The number of para-hydroxylation sites is 1. The normalized spacial score (nSPS) is 16.4. The van der Waals surface area contributed by atoms with Gasteiger partial charge < -0.3 is 10.2 Å². The summed E-state index contributed by atoms with van der Waals surface area (Å²) in [7, 11) is -1.49. The third-order valence-corrected chi connectivity index (χ3v) is 5.82. The van der Waals surface area contributed by atoms with E-state index < -0.39 is 10.0 Å². The van der Waals surface area contributed by atoms with Gasteiger partial charge in [-0.05, 0) is 24.5 Å². The second-order valence-electron chi connectivity index (χ2n) is 6.46. The van der Waals surface area contributed by atoms with Crippen molar-refractivity contribution in [2.45, 2.75) is 26.3 Å². The molecule has 0 aliphatic carbocycles. The summed E-state index contributed by atoms with van der Waals surface area (Å²) in [6, 6.07) is 7.39. The van der Waals surface area contributed by atoms with E-state index >= 15 is 0 Å². The third-order valence-electron chi connectivity index (χ3n) is 4.51. The number of hydrogen-bond acceptors (Lipinski definition) is 4. The molecule has 0 unspecified atom stereocenters. The lowest BCUT2D eigenvalue weighted by Gasteiger charge is -2.29. The number of rotatable bonds is 5. The van der Waals surface area contributed by atoms with Crippen LogP contribution in [0.3, 0.4) is 0 Å². The molecule has 0 spiro atoms. The highest BCUT2D eigenvalue weighted by Gasteiger charge is 2.29. The van der Waals surface area contributed by atoms with E-state index in [1.54, 1.807) is 11.9 Å². The van der Waals surface area contributed by atoms with Crippen LogP contribution in [0.5, 0.6) is 0 Å². The minimum absolute atomic E-state index is 0.0470. The smallest absolute Gasteiger partial charge is 0.227 e. The van der Waals surface area contributed by atoms with Crippen molar-refractivity contribution in [2.24, 2.45) is 5.92 Å². The SMILES string of the molecule is CC(=O)N(C)Cc1ccccc1NC(=O)C1CCN(S(C)(=O)=O)CC1. The Morgan fingerprint density at radius 1 is 1.24 bits per heavy atom. The molecule has 1 aliphatic rings. The fourth-order valence-corrected chi connectivity index (χ4v) is 3.71. The molecule has 1 N–H and O–H groups in total. The minimum atomic E-state index is -3.20. The largest absolute Gasteiger partial charge is 0.342 e. The summed E-state index contributed by atoms with van der Waals surface area (Å²) in [5.41, 5.74) is 1.55. The number of sulfonamides is 1. The summed E-state index contributed by atoms with van der Waals surface area (Å²) in [5, 5.41) is 2.93. The van der Waals surface area contributed by atoms with E-state index in [4.69, 9.17) is 0 Å². The van der Waals surface area contributed by atoms with Crippen molar-refractivity contribution in [3.8, 4) is 0 Å². The summed E-state index contributed by atoms with van der Waals surface area (Å²) >= 11 is 0. The van der Waals surface area contributed by atoms with Crippen molar-refractivity contribution in [3.05, 3.63) is 29.8 Å². The molecule has 0 bridgehead atoms. The Morgan fingerprint density at radius 3 is 2.40 bits per heavy atom. The molecule has 138 valence electrons. The average Bonchev–Trinajstić information content (AvgIpc) is 2.55. The van der Waals surface area contributed by atoms with Gasteiger partial charge in [-0.25, -0.2) is 12.7 Å². The molecule has 2 amide bonds. The molecule has 0 aromatic heterocycles. The molecule has 0 atom stereocenters. The molecule has 1 aliphatic heterocycles. The van der Waals surface area contributed by atoms with Crippen molar-refractivity contribution in [3.63, 3.8) is 0 Å². The Balaban J connectivity index is 2.01. The van der Waals surface area contributed by atoms with Crippen LogP contribution in [0.2, 0.25) is 0 Å². The molecule has 1 aromatic carbocycles. The zero-order valence-electron chi connectivity index (χ0n) is 14.9. The zero-order valence-corrected chi connectivity index (χ0v) is 15.7. The highest BCUT2D eigenvalue weighted by Crippen LogP contribution is 2.23. The Labute approximate surface area is 149 Å². The third kappa shape index (κ3) is 5.27. The van der Waals surface area contributed by atoms with Crippen molar-refractivity contribution in [1.82, 2.24) is 9.21 Å². The highest BCUT2D eigenvalue weighted by atomic mass is 32.2. The Kier molecular flexibility index (Phi) is 6.18. The second-order valence-corrected chi connectivity index (χ2v) is 8.44. The van der Waals surface area contributed by atoms with Crippen molar-refractivity contribution in [1.29, 1.82) is 0 Å². The van der Waals surface area contributed by atoms with Gasteiger partial charge in [-0.3, -0.25) is 9.59 Å². The first-order valence-electron chi connectivity index (χ1n) is 8.24. The van der Waals surface area contributed by atoms with E-state index in [2.05, 4.69) is 5.32 Å². The van der Waals surface area contributed by atoms with Crippen LogP contribution in [0, 0.1) is 5.92 Å². The predicted molar refractivity (Wildman–Crippen MR) is 96.4 cm³/mol. The molecule has 8 heteroatoms. The number of benzene rings is 1.